The van der Waals surface area contributed by atoms with Crippen LogP contribution in [0.5, 0.6) is 0 Å². The smallest absolute Gasteiger partial charge is 0.274 e. The van der Waals surface area contributed by atoms with E-state index in [9.17, 15) is 4.79 Å². The van der Waals surface area contributed by atoms with E-state index < -0.39 is 0 Å². The Morgan fingerprint density at radius 3 is 2.77 bits per heavy atom. The number of aromatic nitrogens is 3. The summed E-state index contributed by atoms with van der Waals surface area (Å²) in [7, 11) is 1.66. The lowest BCUT2D eigenvalue weighted by atomic mass is 9.67. The molecule has 4 rings (SSSR count). The first-order valence-electron chi connectivity index (χ1n) is 11.4. The van der Waals surface area contributed by atoms with Crippen LogP contribution in [0.4, 0.5) is 0 Å². The van der Waals surface area contributed by atoms with Crippen LogP contribution in [0.3, 0.4) is 0 Å². The number of hydrogen-bond donors (Lipinski definition) is 1. The first kappa shape index (κ1) is 21.2. The largest absolute Gasteiger partial charge is 0.378 e. The Morgan fingerprint density at radius 2 is 2.07 bits per heavy atom. The van der Waals surface area contributed by atoms with Crippen molar-refractivity contribution in [3.8, 4) is 0 Å². The van der Waals surface area contributed by atoms with Gasteiger partial charge in [-0.2, -0.15) is 0 Å². The normalized spacial score (nSPS) is 26.1. The van der Waals surface area contributed by atoms with Gasteiger partial charge in [-0.1, -0.05) is 19.8 Å². The predicted molar refractivity (Wildman–Crippen MR) is 114 cm³/mol. The number of nitrogens with zero attached hydrogens (tertiary/aromatic N) is 3. The molecule has 7 nitrogen and oxygen atoms in total. The Bertz CT molecular complexity index is 867. The Morgan fingerprint density at radius 1 is 1.30 bits per heavy atom. The van der Waals surface area contributed by atoms with Gasteiger partial charge in [0.1, 0.15) is 6.33 Å². The topological polar surface area (TPSA) is 77.8 Å². The molecule has 0 aromatic carbocycles. The van der Waals surface area contributed by atoms with Gasteiger partial charge in [0.25, 0.3) is 5.91 Å². The zero-order valence-corrected chi connectivity index (χ0v) is 18.4. The number of carbonyl (C=O) groups excluding carboxylic acids is 1. The van der Waals surface area contributed by atoms with Crippen LogP contribution in [0.15, 0.2) is 12.4 Å². The van der Waals surface area contributed by atoms with Crippen molar-refractivity contribution in [1.82, 2.24) is 19.7 Å². The van der Waals surface area contributed by atoms with E-state index in [4.69, 9.17) is 9.47 Å². The van der Waals surface area contributed by atoms with Crippen LogP contribution in [-0.4, -0.2) is 46.1 Å². The van der Waals surface area contributed by atoms with Crippen LogP contribution in [-0.2, 0) is 16.1 Å². The fourth-order valence-electron chi connectivity index (χ4n) is 5.26. The lowest BCUT2D eigenvalue weighted by molar-refractivity contribution is -0.0329. The number of methoxy groups -OCH3 is 1. The van der Waals surface area contributed by atoms with Gasteiger partial charge in [0, 0.05) is 25.5 Å². The van der Waals surface area contributed by atoms with Crippen molar-refractivity contribution in [3.05, 3.63) is 29.5 Å². The molecule has 2 aromatic rings. The highest BCUT2D eigenvalue weighted by molar-refractivity contribution is 5.98. The summed E-state index contributed by atoms with van der Waals surface area (Å²) in [5, 5.41) is 3.33. The summed E-state index contributed by atoms with van der Waals surface area (Å²) in [6.07, 6.45) is 9.96. The Labute approximate surface area is 178 Å². The van der Waals surface area contributed by atoms with Crippen LogP contribution >= 0.6 is 0 Å². The first-order valence-corrected chi connectivity index (χ1v) is 11.4. The number of aryl methyl sites for hydroxylation is 1. The number of carbonyl (C=O) groups is 1. The molecule has 2 saturated carbocycles. The molecule has 0 radical (unpaired) electrons. The molecule has 2 aliphatic carbocycles. The summed E-state index contributed by atoms with van der Waals surface area (Å²) in [6.45, 7) is 5.42. The summed E-state index contributed by atoms with van der Waals surface area (Å²) >= 11 is 0. The highest BCUT2D eigenvalue weighted by atomic mass is 16.5. The quantitative estimate of drug-likeness (QED) is 0.667. The second-order valence-corrected chi connectivity index (χ2v) is 8.88. The average molecular weight is 415 g/mol. The number of rotatable bonds is 8. The third-order valence-electron chi connectivity index (χ3n) is 6.66. The maximum atomic E-state index is 13.2. The monoisotopic (exact) mass is 414 g/mol. The van der Waals surface area contributed by atoms with Crippen LogP contribution in [0.1, 0.15) is 73.7 Å². The minimum atomic E-state index is -0.119. The number of hydrogen-bond acceptors (Lipinski definition) is 5. The standard InChI is InChI=1S/C23H34N4O3/c1-4-5-9-30-19-11-16-7-6-8-17(12-19)20(16)26-23(28)21-22-25-15(2)10-18(13-29-3)27(22)14-24-21/h10,14,16-17,19-20H,4-9,11-13H2,1-3H3,(H,26,28)/t16-,17+,19?,20?. The van der Waals surface area contributed by atoms with Crippen molar-refractivity contribution in [2.24, 2.45) is 11.8 Å². The minimum Gasteiger partial charge on any atom is -0.378 e. The van der Waals surface area contributed by atoms with E-state index in [1.54, 1.807) is 13.4 Å². The van der Waals surface area contributed by atoms with Gasteiger partial charge >= 0.3 is 0 Å². The Hall–Kier alpha value is -1.99. The average Bonchev–Trinajstić information content (AvgIpc) is 3.13. The van der Waals surface area contributed by atoms with Crippen molar-refractivity contribution >= 4 is 11.6 Å². The van der Waals surface area contributed by atoms with E-state index >= 15 is 0 Å². The number of fused-ring (bicyclic) bond motifs is 3. The van der Waals surface area contributed by atoms with E-state index in [0.717, 1.165) is 56.5 Å². The second-order valence-electron chi connectivity index (χ2n) is 8.88. The zero-order valence-electron chi connectivity index (χ0n) is 18.4. The molecule has 2 aromatic heterocycles. The molecule has 164 valence electrons. The molecule has 2 fully saturated rings. The van der Waals surface area contributed by atoms with E-state index in [0.29, 0.717) is 35.9 Å². The van der Waals surface area contributed by atoms with Gasteiger partial charge in [-0.15, -0.1) is 0 Å². The van der Waals surface area contributed by atoms with Gasteiger partial charge in [-0.05, 0) is 56.9 Å². The molecule has 0 aliphatic heterocycles. The van der Waals surface area contributed by atoms with Gasteiger partial charge < -0.3 is 14.8 Å². The summed E-state index contributed by atoms with van der Waals surface area (Å²) in [5.41, 5.74) is 2.79. The van der Waals surface area contributed by atoms with Crippen molar-refractivity contribution in [2.75, 3.05) is 13.7 Å². The van der Waals surface area contributed by atoms with Gasteiger partial charge in [0.2, 0.25) is 0 Å². The van der Waals surface area contributed by atoms with Gasteiger partial charge in [0.05, 0.1) is 18.4 Å². The molecule has 2 aliphatic rings. The summed E-state index contributed by atoms with van der Waals surface area (Å²) in [6, 6.07) is 2.17. The number of ether oxygens (including phenoxy) is 2. The molecule has 2 heterocycles. The van der Waals surface area contributed by atoms with E-state index in [-0.39, 0.29) is 11.9 Å². The number of amides is 1. The molecule has 0 saturated heterocycles. The summed E-state index contributed by atoms with van der Waals surface area (Å²) in [5.74, 6) is 0.854. The fraction of sp³-hybridized carbons (Fsp3) is 0.696. The van der Waals surface area contributed by atoms with Crippen molar-refractivity contribution in [2.45, 2.75) is 77.5 Å². The van der Waals surface area contributed by atoms with Crippen LogP contribution in [0.2, 0.25) is 0 Å². The molecule has 0 spiro atoms. The number of imidazole rings is 1. The molecule has 4 atom stereocenters. The van der Waals surface area contributed by atoms with Gasteiger partial charge in [-0.3, -0.25) is 9.20 Å². The highest BCUT2D eigenvalue weighted by Gasteiger charge is 2.41. The minimum absolute atomic E-state index is 0.119. The maximum Gasteiger partial charge on any atom is 0.274 e. The second kappa shape index (κ2) is 9.43. The van der Waals surface area contributed by atoms with Gasteiger partial charge in [-0.25, -0.2) is 9.97 Å². The molecule has 2 unspecified atom stereocenters. The van der Waals surface area contributed by atoms with E-state index in [1.165, 1.54) is 6.42 Å². The molecular formula is C23H34N4O3. The van der Waals surface area contributed by atoms with Crippen LogP contribution < -0.4 is 5.32 Å². The van der Waals surface area contributed by atoms with Crippen molar-refractivity contribution in [1.29, 1.82) is 0 Å². The summed E-state index contributed by atoms with van der Waals surface area (Å²) in [4.78, 5) is 22.2. The first-order chi connectivity index (χ1) is 14.6. The lowest BCUT2D eigenvalue weighted by Gasteiger charge is -2.45. The number of unbranched alkanes of at least 4 members (excludes halogenated alkanes) is 1. The summed E-state index contributed by atoms with van der Waals surface area (Å²) < 4.78 is 13.3. The van der Waals surface area contributed by atoms with E-state index in [2.05, 4.69) is 22.2 Å². The van der Waals surface area contributed by atoms with Crippen molar-refractivity contribution < 1.29 is 14.3 Å². The van der Waals surface area contributed by atoms with Crippen molar-refractivity contribution in [3.63, 3.8) is 0 Å². The highest BCUT2D eigenvalue weighted by Crippen LogP contribution is 2.41. The Balaban J connectivity index is 1.49. The SMILES string of the molecule is CCCCOC1C[C@H]2CCC[C@@H](C1)C2NC(=O)c1ncn2c(COC)cc(C)nc12. The fourth-order valence-corrected chi connectivity index (χ4v) is 5.26. The van der Waals surface area contributed by atoms with E-state index in [1.807, 2.05) is 17.4 Å². The molecule has 1 amide bonds. The molecule has 7 heteroatoms. The molecule has 1 N–H and O–H groups in total. The zero-order chi connectivity index (χ0) is 21.1. The third kappa shape index (κ3) is 4.37. The third-order valence-corrected chi connectivity index (χ3v) is 6.66. The molecule has 30 heavy (non-hydrogen) atoms. The van der Waals surface area contributed by atoms with Crippen LogP contribution in [0.25, 0.3) is 5.65 Å². The maximum absolute atomic E-state index is 13.2. The van der Waals surface area contributed by atoms with Crippen LogP contribution in [0, 0.1) is 18.8 Å². The number of nitrogens with one attached hydrogen (secondary N) is 1. The predicted octanol–water partition coefficient (Wildman–Crippen LogP) is 3.68. The molecular weight excluding hydrogens is 380 g/mol. The Kier molecular flexibility index (Phi) is 6.68. The molecule has 2 bridgehead atoms. The van der Waals surface area contributed by atoms with Gasteiger partial charge in [0.15, 0.2) is 11.3 Å². The lowest BCUT2D eigenvalue weighted by Crippen LogP contribution is -2.52.